The molecule has 9 heteroatoms. The number of halogens is 3. The zero-order valence-electron chi connectivity index (χ0n) is 15.5. The number of fused-ring (bicyclic) bond motifs is 1. The van der Waals surface area contributed by atoms with Crippen LogP contribution in [0.15, 0.2) is 36.5 Å². The van der Waals surface area contributed by atoms with E-state index in [1.165, 1.54) is 18.3 Å². The second-order valence-electron chi connectivity index (χ2n) is 6.51. The van der Waals surface area contributed by atoms with Crippen LogP contribution in [-0.2, 0) is 7.05 Å². The van der Waals surface area contributed by atoms with Crippen LogP contribution in [0.5, 0.6) is 5.75 Å². The van der Waals surface area contributed by atoms with Crippen LogP contribution < -0.4 is 10.1 Å². The maximum Gasteiger partial charge on any atom is 0.422 e. The number of ether oxygens (including phenoxy) is 1. The summed E-state index contributed by atoms with van der Waals surface area (Å²) in [5, 5.41) is 7.86. The molecule has 1 N–H and O–H groups in total. The van der Waals surface area contributed by atoms with Crippen LogP contribution in [0.4, 0.5) is 13.2 Å². The number of aromatic nitrogens is 3. The standard InChI is InChI=1S/C19H19F3N4O2/c1-11-4-7-16-14(8-11)17(25-26(16)3)18(27)24-12(2)15-6-5-13(9-23-15)28-10-19(20,21)22/h4-9,12H,10H2,1-3H3,(H,24,27)/t12-/m1/s1. The van der Waals surface area contributed by atoms with Crippen LogP contribution >= 0.6 is 0 Å². The second-order valence-corrected chi connectivity index (χ2v) is 6.51. The van der Waals surface area contributed by atoms with Crippen molar-refractivity contribution in [1.29, 1.82) is 0 Å². The number of nitrogens with zero attached hydrogens (tertiary/aromatic N) is 3. The van der Waals surface area contributed by atoms with Gasteiger partial charge in [0.1, 0.15) is 5.75 Å². The molecule has 0 aliphatic rings. The fraction of sp³-hybridized carbons (Fsp3) is 0.316. The maximum absolute atomic E-state index is 12.7. The zero-order chi connectivity index (χ0) is 20.5. The summed E-state index contributed by atoms with van der Waals surface area (Å²) in [5.41, 5.74) is 2.65. The molecule has 0 saturated carbocycles. The number of pyridine rings is 1. The number of amides is 1. The molecule has 1 atom stereocenters. The van der Waals surface area contributed by atoms with E-state index in [0.29, 0.717) is 11.4 Å². The number of hydrogen-bond acceptors (Lipinski definition) is 4. The Labute approximate surface area is 159 Å². The van der Waals surface area contributed by atoms with Crippen LogP contribution in [0.3, 0.4) is 0 Å². The minimum Gasteiger partial charge on any atom is -0.483 e. The van der Waals surface area contributed by atoms with Gasteiger partial charge in [0, 0.05) is 12.4 Å². The molecule has 0 unspecified atom stereocenters. The van der Waals surface area contributed by atoms with Gasteiger partial charge in [-0.1, -0.05) is 11.6 Å². The van der Waals surface area contributed by atoms with Gasteiger partial charge in [-0.3, -0.25) is 14.5 Å². The summed E-state index contributed by atoms with van der Waals surface area (Å²) in [6.45, 7) is 2.28. The van der Waals surface area contributed by atoms with Crippen LogP contribution in [0, 0.1) is 6.92 Å². The molecule has 148 valence electrons. The van der Waals surface area contributed by atoms with Crippen molar-refractivity contribution in [3.63, 3.8) is 0 Å². The van der Waals surface area contributed by atoms with Crippen LogP contribution in [0.25, 0.3) is 10.9 Å². The van der Waals surface area contributed by atoms with Crippen molar-refractivity contribution in [3.05, 3.63) is 53.5 Å². The van der Waals surface area contributed by atoms with Gasteiger partial charge in [-0.25, -0.2) is 0 Å². The summed E-state index contributed by atoms with van der Waals surface area (Å²) < 4.78 is 42.8. The van der Waals surface area contributed by atoms with Crippen LogP contribution in [-0.4, -0.2) is 33.5 Å². The highest BCUT2D eigenvalue weighted by Crippen LogP contribution is 2.22. The van der Waals surface area contributed by atoms with Gasteiger partial charge in [0.25, 0.3) is 5.91 Å². The molecule has 0 spiro atoms. The van der Waals surface area contributed by atoms with Crippen molar-refractivity contribution in [2.24, 2.45) is 7.05 Å². The number of hydrogen-bond donors (Lipinski definition) is 1. The Morgan fingerprint density at radius 3 is 2.68 bits per heavy atom. The van der Waals surface area contributed by atoms with Crippen molar-refractivity contribution in [1.82, 2.24) is 20.1 Å². The van der Waals surface area contributed by atoms with Gasteiger partial charge in [0.05, 0.1) is 23.4 Å². The molecule has 0 aliphatic heterocycles. The lowest BCUT2D eigenvalue weighted by Crippen LogP contribution is -2.28. The van der Waals surface area contributed by atoms with Gasteiger partial charge in [0.2, 0.25) is 0 Å². The predicted molar refractivity (Wildman–Crippen MR) is 97.1 cm³/mol. The summed E-state index contributed by atoms with van der Waals surface area (Å²) in [6, 6.07) is 8.17. The van der Waals surface area contributed by atoms with E-state index in [9.17, 15) is 18.0 Å². The molecule has 2 heterocycles. The number of alkyl halides is 3. The Morgan fingerprint density at radius 1 is 1.29 bits per heavy atom. The number of carbonyl (C=O) groups is 1. The normalized spacial score (nSPS) is 12.8. The van der Waals surface area contributed by atoms with Crippen molar-refractivity contribution in [3.8, 4) is 5.75 Å². The lowest BCUT2D eigenvalue weighted by atomic mass is 10.1. The predicted octanol–water partition coefficient (Wildman–Crippen LogP) is 3.71. The highest BCUT2D eigenvalue weighted by Gasteiger charge is 2.28. The summed E-state index contributed by atoms with van der Waals surface area (Å²) >= 11 is 0. The van der Waals surface area contributed by atoms with Crippen molar-refractivity contribution < 1.29 is 22.7 Å². The molecule has 6 nitrogen and oxygen atoms in total. The van der Waals surface area contributed by atoms with Crippen molar-refractivity contribution in [2.45, 2.75) is 26.1 Å². The molecule has 0 aliphatic carbocycles. The molecule has 0 fully saturated rings. The minimum absolute atomic E-state index is 0.00537. The molecule has 2 aromatic heterocycles. The summed E-state index contributed by atoms with van der Waals surface area (Å²) in [7, 11) is 1.76. The number of rotatable bonds is 5. The first-order valence-electron chi connectivity index (χ1n) is 8.54. The minimum atomic E-state index is -4.41. The molecule has 1 aromatic carbocycles. The largest absolute Gasteiger partial charge is 0.483 e. The second kappa shape index (κ2) is 7.49. The number of aryl methyl sites for hydroxylation is 2. The Bertz CT molecular complexity index is 997. The summed E-state index contributed by atoms with van der Waals surface area (Å²) in [6.07, 6.45) is -3.22. The quantitative estimate of drug-likeness (QED) is 0.719. The number of nitrogens with one attached hydrogen (secondary N) is 1. The highest BCUT2D eigenvalue weighted by atomic mass is 19.4. The fourth-order valence-corrected chi connectivity index (χ4v) is 2.78. The maximum atomic E-state index is 12.7. The third-order valence-electron chi connectivity index (χ3n) is 4.17. The third-order valence-corrected chi connectivity index (χ3v) is 4.17. The first-order valence-corrected chi connectivity index (χ1v) is 8.54. The van der Waals surface area contributed by atoms with E-state index in [1.807, 2.05) is 25.1 Å². The van der Waals surface area contributed by atoms with Crippen LogP contribution in [0.2, 0.25) is 0 Å². The van der Waals surface area contributed by atoms with Gasteiger partial charge < -0.3 is 10.1 Å². The monoisotopic (exact) mass is 392 g/mol. The van der Waals surface area contributed by atoms with E-state index >= 15 is 0 Å². The van der Waals surface area contributed by atoms with Gasteiger partial charge >= 0.3 is 6.18 Å². The van der Waals surface area contributed by atoms with E-state index in [4.69, 9.17) is 0 Å². The van der Waals surface area contributed by atoms with E-state index in [2.05, 4.69) is 20.1 Å². The zero-order valence-corrected chi connectivity index (χ0v) is 15.5. The molecular weight excluding hydrogens is 373 g/mol. The number of carbonyl (C=O) groups excluding carboxylic acids is 1. The average molecular weight is 392 g/mol. The van der Waals surface area contributed by atoms with Gasteiger partial charge in [0.15, 0.2) is 12.3 Å². The van der Waals surface area contributed by atoms with Gasteiger partial charge in [-0.2, -0.15) is 18.3 Å². The average Bonchev–Trinajstić information content (AvgIpc) is 2.96. The molecule has 3 rings (SSSR count). The molecular formula is C19H19F3N4O2. The van der Waals surface area contributed by atoms with Crippen molar-refractivity contribution in [2.75, 3.05) is 6.61 Å². The summed E-state index contributed by atoms with van der Waals surface area (Å²) in [4.78, 5) is 16.8. The van der Waals surface area contributed by atoms with Gasteiger partial charge in [-0.05, 0) is 38.1 Å². The van der Waals surface area contributed by atoms with Crippen molar-refractivity contribution >= 4 is 16.8 Å². The Hall–Kier alpha value is -3.10. The van der Waals surface area contributed by atoms with E-state index < -0.39 is 18.8 Å². The highest BCUT2D eigenvalue weighted by molar-refractivity contribution is 6.05. The number of benzene rings is 1. The van der Waals surface area contributed by atoms with E-state index in [-0.39, 0.29) is 11.7 Å². The molecule has 28 heavy (non-hydrogen) atoms. The van der Waals surface area contributed by atoms with E-state index in [1.54, 1.807) is 18.7 Å². The molecule has 1 amide bonds. The Morgan fingerprint density at radius 2 is 2.04 bits per heavy atom. The molecule has 0 saturated heterocycles. The first-order chi connectivity index (χ1) is 13.1. The Balaban J connectivity index is 1.72. The lowest BCUT2D eigenvalue weighted by molar-refractivity contribution is -0.153. The first kappa shape index (κ1) is 19.7. The van der Waals surface area contributed by atoms with Crippen LogP contribution in [0.1, 0.15) is 34.7 Å². The molecule has 3 aromatic rings. The van der Waals surface area contributed by atoms with E-state index in [0.717, 1.165) is 16.5 Å². The Kier molecular flexibility index (Phi) is 5.26. The third kappa shape index (κ3) is 4.41. The topological polar surface area (TPSA) is 69.0 Å². The smallest absolute Gasteiger partial charge is 0.422 e. The molecule has 0 bridgehead atoms. The summed E-state index contributed by atoms with van der Waals surface area (Å²) in [5.74, 6) is -0.353. The van der Waals surface area contributed by atoms with Gasteiger partial charge in [-0.15, -0.1) is 0 Å². The molecule has 0 radical (unpaired) electrons. The fourth-order valence-electron chi connectivity index (χ4n) is 2.78. The SMILES string of the molecule is Cc1ccc2c(c1)c(C(=O)N[C@H](C)c1ccc(OCC(F)(F)F)cn1)nn2C. The lowest BCUT2D eigenvalue weighted by Gasteiger charge is -2.14.